The van der Waals surface area contributed by atoms with Crippen LogP contribution < -0.4 is 0 Å². The first-order chi connectivity index (χ1) is 4.93. The smallest absolute Gasteiger partial charge is 0.0314 e. The molecule has 1 aliphatic carbocycles. The van der Waals surface area contributed by atoms with Gasteiger partial charge in [0.1, 0.15) is 0 Å². The van der Waals surface area contributed by atoms with Crippen molar-refractivity contribution in [2.45, 2.75) is 39.0 Å². The molecular weight excluding hydrogens is 120 g/mol. The summed E-state index contributed by atoms with van der Waals surface area (Å²) in [6, 6.07) is 0. The Balaban J connectivity index is 2.41. The van der Waals surface area contributed by atoms with Crippen molar-refractivity contribution in [3.63, 3.8) is 0 Å². The lowest BCUT2D eigenvalue weighted by Crippen LogP contribution is -1.80. The topological polar surface area (TPSA) is 0 Å². The molecule has 0 heterocycles. The number of hydrogen-bond acceptors (Lipinski definition) is 0. The maximum atomic E-state index is 2.29. The fourth-order valence-electron chi connectivity index (χ4n) is 1.36. The molecule has 56 valence electrons. The predicted octanol–water partition coefficient (Wildman–Crippen LogP) is 3.45. The van der Waals surface area contributed by atoms with Crippen LogP contribution in [0.25, 0.3) is 0 Å². The van der Waals surface area contributed by atoms with E-state index in [2.05, 4.69) is 25.2 Å². The van der Waals surface area contributed by atoms with Crippen molar-refractivity contribution in [3.8, 4) is 0 Å². The van der Waals surface area contributed by atoms with Gasteiger partial charge in [0.05, 0.1) is 0 Å². The number of allylic oxidation sites excluding steroid dienone is 4. The molecule has 1 rings (SSSR count). The molecule has 0 bridgehead atoms. The Kier molecular flexibility index (Phi) is 3.28. The van der Waals surface area contributed by atoms with Crippen LogP contribution in [0.5, 0.6) is 0 Å². The Morgan fingerprint density at radius 1 is 1.50 bits per heavy atom. The van der Waals surface area contributed by atoms with Crippen molar-refractivity contribution >= 4 is 0 Å². The van der Waals surface area contributed by atoms with Crippen LogP contribution in [0.1, 0.15) is 39.0 Å². The third kappa shape index (κ3) is 2.38. The molecule has 0 aromatic heterocycles. The van der Waals surface area contributed by atoms with Crippen molar-refractivity contribution in [1.29, 1.82) is 0 Å². The van der Waals surface area contributed by atoms with Crippen LogP contribution in [-0.2, 0) is 0 Å². The summed E-state index contributed by atoms with van der Waals surface area (Å²) in [7, 11) is 0. The van der Waals surface area contributed by atoms with Gasteiger partial charge in [0.25, 0.3) is 0 Å². The Morgan fingerprint density at radius 3 is 3.20 bits per heavy atom. The second-order valence-electron chi connectivity index (χ2n) is 2.90. The highest BCUT2D eigenvalue weighted by Gasteiger charge is 1.96. The van der Waals surface area contributed by atoms with Gasteiger partial charge >= 0.3 is 0 Å². The minimum atomic E-state index is 1.27. The molecule has 0 aromatic rings. The summed E-state index contributed by atoms with van der Waals surface area (Å²) < 4.78 is 0. The lowest BCUT2D eigenvalue weighted by atomic mass is 10.1. The summed E-state index contributed by atoms with van der Waals surface area (Å²) in [6.07, 6.45) is 13.3. The van der Waals surface area contributed by atoms with Crippen LogP contribution in [-0.4, -0.2) is 0 Å². The van der Waals surface area contributed by atoms with E-state index in [1.54, 1.807) is 5.57 Å². The molecule has 0 atom stereocenters. The zero-order valence-electron chi connectivity index (χ0n) is 6.77. The van der Waals surface area contributed by atoms with Crippen molar-refractivity contribution in [2.24, 2.45) is 0 Å². The fraction of sp³-hybridized carbons (Fsp3) is 0.600. The van der Waals surface area contributed by atoms with Crippen molar-refractivity contribution in [2.75, 3.05) is 0 Å². The molecule has 0 saturated carbocycles. The van der Waals surface area contributed by atoms with Crippen LogP contribution in [0.3, 0.4) is 0 Å². The molecule has 1 aliphatic rings. The third-order valence-corrected chi connectivity index (χ3v) is 1.91. The van der Waals surface area contributed by atoms with Crippen LogP contribution >= 0.6 is 0 Å². The van der Waals surface area contributed by atoms with E-state index < -0.39 is 0 Å². The van der Waals surface area contributed by atoms with Gasteiger partial charge in [-0.3, -0.25) is 0 Å². The summed E-state index contributed by atoms with van der Waals surface area (Å²) in [4.78, 5) is 0. The van der Waals surface area contributed by atoms with Crippen LogP contribution in [0.4, 0.5) is 0 Å². The lowest BCUT2D eigenvalue weighted by molar-refractivity contribution is 0.776. The molecule has 0 spiro atoms. The minimum Gasteiger partial charge on any atom is -0.0845 e. The Hall–Kier alpha value is -0.520. The maximum Gasteiger partial charge on any atom is -0.0314 e. The van der Waals surface area contributed by atoms with Gasteiger partial charge in [0, 0.05) is 0 Å². The van der Waals surface area contributed by atoms with Crippen LogP contribution in [0.2, 0.25) is 0 Å². The molecule has 0 saturated heterocycles. The fourth-order valence-corrected chi connectivity index (χ4v) is 1.36. The standard InChI is InChI=1S/C10H16/c1-2-7-10-8-5-3-4-6-9-10/h3,5,8H,2,4,6-7,9H2,1H3. The minimum absolute atomic E-state index is 1.27. The van der Waals surface area contributed by atoms with Gasteiger partial charge in [-0.05, 0) is 25.7 Å². The average molecular weight is 136 g/mol. The molecule has 10 heavy (non-hydrogen) atoms. The second kappa shape index (κ2) is 4.32. The zero-order chi connectivity index (χ0) is 7.23. The molecule has 0 unspecified atom stereocenters. The summed E-state index contributed by atoms with van der Waals surface area (Å²) in [5, 5.41) is 0. The van der Waals surface area contributed by atoms with Gasteiger partial charge in [-0.25, -0.2) is 0 Å². The van der Waals surface area contributed by atoms with Crippen molar-refractivity contribution in [3.05, 3.63) is 23.8 Å². The highest BCUT2D eigenvalue weighted by atomic mass is 14.0. The first-order valence-electron chi connectivity index (χ1n) is 4.28. The third-order valence-electron chi connectivity index (χ3n) is 1.91. The Morgan fingerprint density at radius 2 is 2.40 bits per heavy atom. The largest absolute Gasteiger partial charge is 0.0845 e. The monoisotopic (exact) mass is 136 g/mol. The number of rotatable bonds is 2. The summed E-state index contributed by atoms with van der Waals surface area (Å²) >= 11 is 0. The van der Waals surface area contributed by atoms with E-state index in [1.807, 2.05) is 0 Å². The number of hydrogen-bond donors (Lipinski definition) is 0. The van der Waals surface area contributed by atoms with E-state index in [0.29, 0.717) is 0 Å². The highest BCUT2D eigenvalue weighted by Crippen LogP contribution is 2.16. The van der Waals surface area contributed by atoms with E-state index in [1.165, 1.54) is 32.1 Å². The second-order valence-corrected chi connectivity index (χ2v) is 2.90. The van der Waals surface area contributed by atoms with E-state index >= 15 is 0 Å². The molecule has 0 nitrogen and oxygen atoms in total. The average Bonchev–Trinajstić information content (AvgIpc) is 2.17. The van der Waals surface area contributed by atoms with Gasteiger partial charge in [-0.1, -0.05) is 37.1 Å². The van der Waals surface area contributed by atoms with E-state index in [4.69, 9.17) is 0 Å². The van der Waals surface area contributed by atoms with E-state index in [-0.39, 0.29) is 0 Å². The van der Waals surface area contributed by atoms with Gasteiger partial charge in [0.15, 0.2) is 0 Å². The summed E-state index contributed by atoms with van der Waals surface area (Å²) in [6.45, 7) is 2.25. The Labute approximate surface area is 63.6 Å². The summed E-state index contributed by atoms with van der Waals surface area (Å²) in [5.74, 6) is 0. The van der Waals surface area contributed by atoms with Crippen molar-refractivity contribution < 1.29 is 0 Å². The molecule has 0 aromatic carbocycles. The SMILES string of the molecule is CCCC1=CC=CCCC1. The van der Waals surface area contributed by atoms with Crippen LogP contribution in [0.15, 0.2) is 23.8 Å². The van der Waals surface area contributed by atoms with Gasteiger partial charge in [-0.15, -0.1) is 0 Å². The van der Waals surface area contributed by atoms with Crippen molar-refractivity contribution in [1.82, 2.24) is 0 Å². The maximum absolute atomic E-state index is 2.29. The lowest BCUT2D eigenvalue weighted by Gasteiger charge is -2.00. The first kappa shape index (κ1) is 7.59. The van der Waals surface area contributed by atoms with Crippen LogP contribution in [0, 0.1) is 0 Å². The molecule has 0 N–H and O–H groups in total. The van der Waals surface area contributed by atoms with E-state index in [0.717, 1.165) is 0 Å². The highest BCUT2D eigenvalue weighted by molar-refractivity contribution is 5.14. The van der Waals surface area contributed by atoms with E-state index in [9.17, 15) is 0 Å². The molecular formula is C10H16. The predicted molar refractivity (Wildman–Crippen MR) is 46.0 cm³/mol. The molecule has 0 amide bonds. The first-order valence-corrected chi connectivity index (χ1v) is 4.28. The molecule has 0 aliphatic heterocycles. The normalized spacial score (nSPS) is 18.3. The molecule has 0 radical (unpaired) electrons. The van der Waals surface area contributed by atoms with Gasteiger partial charge in [0.2, 0.25) is 0 Å². The zero-order valence-corrected chi connectivity index (χ0v) is 6.77. The quantitative estimate of drug-likeness (QED) is 0.545. The van der Waals surface area contributed by atoms with Gasteiger partial charge < -0.3 is 0 Å². The Bertz CT molecular complexity index is 136. The molecule has 0 fully saturated rings. The van der Waals surface area contributed by atoms with Gasteiger partial charge in [-0.2, -0.15) is 0 Å². The molecule has 0 heteroatoms. The summed E-state index contributed by atoms with van der Waals surface area (Å²) in [5.41, 5.74) is 1.64.